The Morgan fingerprint density at radius 2 is 2.29 bits per heavy atom. The number of benzene rings is 1. The third-order valence-electron chi connectivity index (χ3n) is 3.21. The minimum absolute atomic E-state index is 0.425. The van der Waals surface area contributed by atoms with E-state index < -0.39 is 0 Å². The lowest BCUT2D eigenvalue weighted by Gasteiger charge is -2.21. The predicted molar refractivity (Wildman–Crippen MR) is 69.0 cm³/mol. The van der Waals surface area contributed by atoms with E-state index in [1.807, 2.05) is 0 Å². The lowest BCUT2D eigenvalue weighted by molar-refractivity contribution is 0.756. The third-order valence-corrected chi connectivity index (χ3v) is 4.29. The molecule has 1 unspecified atom stereocenters. The SMILES string of the molecule is CC1Cc2sc(CC#N)nc2-c2ccccc21. The van der Waals surface area contributed by atoms with Gasteiger partial charge in [-0.1, -0.05) is 31.2 Å². The van der Waals surface area contributed by atoms with Crippen molar-refractivity contribution in [2.75, 3.05) is 0 Å². The summed E-state index contributed by atoms with van der Waals surface area (Å²) in [6.45, 7) is 2.26. The van der Waals surface area contributed by atoms with Gasteiger partial charge in [0.25, 0.3) is 0 Å². The molecule has 0 spiro atoms. The maximum Gasteiger partial charge on any atom is 0.108 e. The smallest absolute Gasteiger partial charge is 0.108 e. The van der Waals surface area contributed by atoms with Crippen LogP contribution in [-0.2, 0) is 12.8 Å². The molecule has 0 bridgehead atoms. The zero-order chi connectivity index (χ0) is 11.8. The third kappa shape index (κ3) is 1.65. The van der Waals surface area contributed by atoms with Crippen molar-refractivity contribution in [3.05, 3.63) is 39.7 Å². The first-order chi connectivity index (χ1) is 8.29. The molecule has 3 rings (SSSR count). The molecule has 0 fully saturated rings. The van der Waals surface area contributed by atoms with E-state index in [1.54, 1.807) is 11.3 Å². The molecule has 17 heavy (non-hydrogen) atoms. The van der Waals surface area contributed by atoms with Gasteiger partial charge in [0.05, 0.1) is 18.2 Å². The summed E-state index contributed by atoms with van der Waals surface area (Å²) in [4.78, 5) is 5.95. The Morgan fingerprint density at radius 1 is 1.47 bits per heavy atom. The standard InChI is InChI=1S/C14H12N2S/c1-9-8-12-14(16-13(17-12)6-7-15)11-5-3-2-4-10(9)11/h2-5,9H,6,8H2,1H3. The second-order valence-corrected chi connectivity index (χ2v) is 5.57. The number of aromatic nitrogens is 1. The molecule has 0 saturated heterocycles. The zero-order valence-electron chi connectivity index (χ0n) is 9.60. The van der Waals surface area contributed by atoms with Crippen LogP contribution < -0.4 is 0 Å². The summed E-state index contributed by atoms with van der Waals surface area (Å²) in [5.74, 6) is 0.550. The minimum Gasteiger partial charge on any atom is -0.240 e. The van der Waals surface area contributed by atoms with Crippen molar-refractivity contribution >= 4 is 11.3 Å². The number of hydrogen-bond donors (Lipinski definition) is 0. The van der Waals surface area contributed by atoms with E-state index in [1.165, 1.54) is 16.0 Å². The zero-order valence-corrected chi connectivity index (χ0v) is 10.4. The van der Waals surface area contributed by atoms with Gasteiger partial charge in [-0.3, -0.25) is 0 Å². The molecule has 0 saturated carbocycles. The number of thiazole rings is 1. The first-order valence-corrected chi connectivity index (χ1v) is 6.56. The summed E-state index contributed by atoms with van der Waals surface area (Å²) >= 11 is 1.69. The van der Waals surface area contributed by atoms with Crippen molar-refractivity contribution in [2.24, 2.45) is 0 Å². The topological polar surface area (TPSA) is 36.7 Å². The molecule has 1 aromatic carbocycles. The fourth-order valence-electron chi connectivity index (χ4n) is 2.42. The number of nitriles is 1. The fourth-order valence-corrected chi connectivity index (χ4v) is 3.57. The predicted octanol–water partition coefficient (Wildman–Crippen LogP) is 3.54. The maximum absolute atomic E-state index is 8.74. The van der Waals surface area contributed by atoms with Gasteiger partial charge in [0.15, 0.2) is 0 Å². The molecule has 3 heteroatoms. The van der Waals surface area contributed by atoms with E-state index in [0.29, 0.717) is 12.3 Å². The number of fused-ring (bicyclic) bond motifs is 3. The summed E-state index contributed by atoms with van der Waals surface area (Å²) in [7, 11) is 0. The normalized spacial score (nSPS) is 17.1. The number of hydrogen-bond acceptors (Lipinski definition) is 3. The molecule has 0 amide bonds. The van der Waals surface area contributed by atoms with E-state index in [0.717, 1.165) is 17.1 Å². The second-order valence-electron chi connectivity index (χ2n) is 4.41. The van der Waals surface area contributed by atoms with Crippen LogP contribution in [-0.4, -0.2) is 4.98 Å². The van der Waals surface area contributed by atoms with Crippen LogP contribution in [0, 0.1) is 11.3 Å². The summed E-state index contributed by atoms with van der Waals surface area (Å²) in [5.41, 5.74) is 3.74. The maximum atomic E-state index is 8.74. The molecule has 1 aromatic heterocycles. The molecule has 1 heterocycles. The average Bonchev–Trinajstić information content (AvgIpc) is 2.73. The van der Waals surface area contributed by atoms with Crippen LogP contribution >= 0.6 is 11.3 Å². The summed E-state index contributed by atoms with van der Waals surface area (Å²) in [6, 6.07) is 10.6. The molecule has 0 N–H and O–H groups in total. The first kappa shape index (κ1) is 10.5. The van der Waals surface area contributed by atoms with Crippen LogP contribution in [0.3, 0.4) is 0 Å². The van der Waals surface area contributed by atoms with Gasteiger partial charge >= 0.3 is 0 Å². The Balaban J connectivity index is 2.16. The Bertz CT molecular complexity index is 607. The van der Waals surface area contributed by atoms with Crippen molar-refractivity contribution in [3.63, 3.8) is 0 Å². The first-order valence-electron chi connectivity index (χ1n) is 5.74. The highest BCUT2D eigenvalue weighted by molar-refractivity contribution is 7.12. The van der Waals surface area contributed by atoms with Crippen LogP contribution in [0.25, 0.3) is 11.3 Å². The van der Waals surface area contributed by atoms with Gasteiger partial charge in [-0.25, -0.2) is 4.98 Å². The quantitative estimate of drug-likeness (QED) is 0.764. The summed E-state index contributed by atoms with van der Waals surface area (Å²) in [6.07, 6.45) is 1.48. The van der Waals surface area contributed by atoms with Crippen molar-refractivity contribution in [3.8, 4) is 17.3 Å². The van der Waals surface area contributed by atoms with Crippen molar-refractivity contribution in [1.82, 2.24) is 4.98 Å². The molecule has 84 valence electrons. The van der Waals surface area contributed by atoms with Crippen LogP contribution in [0.1, 0.15) is 28.3 Å². The Kier molecular flexibility index (Phi) is 2.45. The number of rotatable bonds is 1. The molecule has 0 radical (unpaired) electrons. The largest absolute Gasteiger partial charge is 0.240 e. The highest BCUT2D eigenvalue weighted by atomic mass is 32.1. The lowest BCUT2D eigenvalue weighted by Crippen LogP contribution is -2.06. The minimum atomic E-state index is 0.425. The van der Waals surface area contributed by atoms with E-state index in [-0.39, 0.29) is 0 Å². The van der Waals surface area contributed by atoms with E-state index >= 15 is 0 Å². The van der Waals surface area contributed by atoms with Crippen LogP contribution in [0.15, 0.2) is 24.3 Å². The second kappa shape index (κ2) is 3.97. The highest BCUT2D eigenvalue weighted by Gasteiger charge is 2.24. The van der Waals surface area contributed by atoms with Crippen LogP contribution in [0.2, 0.25) is 0 Å². The van der Waals surface area contributed by atoms with Gasteiger partial charge in [-0.15, -0.1) is 11.3 Å². The van der Waals surface area contributed by atoms with Gasteiger partial charge < -0.3 is 0 Å². The van der Waals surface area contributed by atoms with E-state index in [4.69, 9.17) is 5.26 Å². The van der Waals surface area contributed by atoms with E-state index in [2.05, 4.69) is 42.2 Å². The fraction of sp³-hybridized carbons (Fsp3) is 0.286. The molecule has 1 aliphatic carbocycles. The monoisotopic (exact) mass is 240 g/mol. The summed E-state index contributed by atoms with van der Waals surface area (Å²) in [5, 5.41) is 9.69. The molecule has 0 aliphatic heterocycles. The van der Waals surface area contributed by atoms with E-state index in [9.17, 15) is 0 Å². The lowest BCUT2D eigenvalue weighted by atomic mass is 9.86. The Hall–Kier alpha value is -1.66. The van der Waals surface area contributed by atoms with Gasteiger partial charge in [-0.2, -0.15) is 5.26 Å². The summed E-state index contributed by atoms with van der Waals surface area (Å²) < 4.78 is 0. The van der Waals surface area contributed by atoms with Crippen LogP contribution in [0.4, 0.5) is 0 Å². The average molecular weight is 240 g/mol. The Morgan fingerprint density at radius 3 is 3.12 bits per heavy atom. The van der Waals surface area contributed by atoms with Crippen molar-refractivity contribution < 1.29 is 0 Å². The van der Waals surface area contributed by atoms with Gasteiger partial charge in [-0.05, 0) is 17.9 Å². The Labute approximate surface area is 105 Å². The molecule has 2 aromatic rings. The van der Waals surface area contributed by atoms with Crippen LogP contribution in [0.5, 0.6) is 0 Å². The van der Waals surface area contributed by atoms with Gasteiger partial charge in [0, 0.05) is 10.4 Å². The molecule has 1 aliphatic rings. The van der Waals surface area contributed by atoms with Crippen molar-refractivity contribution in [1.29, 1.82) is 5.26 Å². The van der Waals surface area contributed by atoms with Crippen molar-refractivity contribution in [2.45, 2.75) is 25.7 Å². The molecule has 2 nitrogen and oxygen atoms in total. The van der Waals surface area contributed by atoms with Gasteiger partial charge in [0.1, 0.15) is 5.01 Å². The molecule has 1 atom stereocenters. The molecular formula is C14H12N2S. The molecular weight excluding hydrogens is 228 g/mol. The highest BCUT2D eigenvalue weighted by Crippen LogP contribution is 2.41. The number of nitrogens with zero attached hydrogens (tertiary/aromatic N) is 2. The van der Waals surface area contributed by atoms with Gasteiger partial charge in [0.2, 0.25) is 0 Å².